The van der Waals surface area contributed by atoms with Gasteiger partial charge in [-0.15, -0.1) is 0 Å². The summed E-state index contributed by atoms with van der Waals surface area (Å²) in [7, 11) is 0. The molecule has 0 bridgehead atoms. The minimum Gasteiger partial charge on any atom is -0.339 e. The summed E-state index contributed by atoms with van der Waals surface area (Å²) in [6.45, 7) is 1.16. The fourth-order valence-corrected chi connectivity index (χ4v) is 3.93. The molecule has 1 aliphatic rings. The molecule has 2 amide bonds. The van der Waals surface area contributed by atoms with Gasteiger partial charge in [-0.1, -0.05) is 41.9 Å². The Morgan fingerprint density at radius 3 is 2.48 bits per heavy atom. The molecule has 27 heavy (non-hydrogen) atoms. The van der Waals surface area contributed by atoms with Crippen molar-refractivity contribution >= 4 is 57.8 Å². The van der Waals surface area contributed by atoms with E-state index in [2.05, 4.69) is 27.9 Å². The van der Waals surface area contributed by atoms with Crippen LogP contribution in [0.15, 0.2) is 54.6 Å². The van der Waals surface area contributed by atoms with Crippen molar-refractivity contribution in [3.05, 3.63) is 68.8 Å². The monoisotopic (exact) mass is 494 g/mol. The Bertz CT molecular complexity index is 847. The molecule has 0 radical (unpaired) electrons. The van der Waals surface area contributed by atoms with Gasteiger partial charge in [0.05, 0.1) is 10.7 Å². The van der Waals surface area contributed by atoms with Gasteiger partial charge >= 0.3 is 0 Å². The molecule has 1 heterocycles. The van der Waals surface area contributed by atoms with Gasteiger partial charge in [0.1, 0.15) is 0 Å². The van der Waals surface area contributed by atoms with E-state index in [9.17, 15) is 9.59 Å². The summed E-state index contributed by atoms with van der Waals surface area (Å²) >= 11 is 8.36. The number of halogens is 2. The van der Waals surface area contributed by atoms with Gasteiger partial charge in [0, 0.05) is 28.7 Å². The zero-order valence-corrected chi connectivity index (χ0v) is 17.6. The molecule has 4 nitrogen and oxygen atoms in total. The van der Waals surface area contributed by atoms with E-state index < -0.39 is 0 Å². The second kappa shape index (κ2) is 9.37. The van der Waals surface area contributed by atoms with E-state index >= 15 is 0 Å². The maximum absolute atomic E-state index is 12.5. The number of anilines is 1. The number of hydrogen-bond donors (Lipinski definition) is 1. The van der Waals surface area contributed by atoms with Gasteiger partial charge in [-0.25, -0.2) is 0 Å². The lowest BCUT2D eigenvalue weighted by Gasteiger charge is -2.30. The lowest BCUT2D eigenvalue weighted by Crippen LogP contribution is -2.40. The van der Waals surface area contributed by atoms with Crippen LogP contribution in [-0.2, 0) is 9.59 Å². The molecule has 0 saturated carbocycles. The zero-order chi connectivity index (χ0) is 19.2. The Morgan fingerprint density at radius 1 is 1.11 bits per heavy atom. The first-order valence-corrected chi connectivity index (χ1v) is 10.3. The largest absolute Gasteiger partial charge is 0.339 e. The Hall–Kier alpha value is -1.86. The quantitative estimate of drug-likeness (QED) is 0.489. The fraction of sp³-hybridized carbons (Fsp3) is 0.238. The van der Waals surface area contributed by atoms with Crippen LogP contribution in [0.4, 0.5) is 5.69 Å². The molecule has 0 aliphatic carbocycles. The minimum atomic E-state index is -0.109. The Labute approximate surface area is 177 Å². The lowest BCUT2D eigenvalue weighted by molar-refractivity contribution is -0.130. The third-order valence-corrected chi connectivity index (χ3v) is 5.57. The van der Waals surface area contributed by atoms with Crippen molar-refractivity contribution in [2.45, 2.75) is 12.8 Å². The molecular formula is C21H20ClIN2O2. The van der Waals surface area contributed by atoms with Crippen molar-refractivity contribution in [1.82, 2.24) is 4.90 Å². The van der Waals surface area contributed by atoms with E-state index in [-0.39, 0.29) is 17.7 Å². The van der Waals surface area contributed by atoms with Gasteiger partial charge in [0.25, 0.3) is 0 Å². The van der Waals surface area contributed by atoms with Crippen LogP contribution in [0.5, 0.6) is 0 Å². The van der Waals surface area contributed by atoms with Crippen LogP contribution in [0, 0.1) is 9.49 Å². The van der Waals surface area contributed by atoms with Crippen molar-refractivity contribution in [3.63, 3.8) is 0 Å². The SMILES string of the molecule is O=C(Nc1ccc(I)cc1Cl)C1CCN(C(=O)/C=C/c2ccccc2)CC1. The van der Waals surface area contributed by atoms with Gasteiger partial charge in [-0.05, 0) is 65.3 Å². The maximum Gasteiger partial charge on any atom is 0.246 e. The average molecular weight is 495 g/mol. The number of nitrogens with zero attached hydrogens (tertiary/aromatic N) is 1. The third kappa shape index (κ3) is 5.56. The molecule has 1 N–H and O–H groups in total. The second-order valence-corrected chi connectivity index (χ2v) is 8.11. The predicted molar refractivity (Wildman–Crippen MR) is 118 cm³/mol. The van der Waals surface area contributed by atoms with Crippen LogP contribution in [-0.4, -0.2) is 29.8 Å². The van der Waals surface area contributed by atoms with Crippen molar-refractivity contribution in [3.8, 4) is 0 Å². The van der Waals surface area contributed by atoms with Gasteiger partial charge < -0.3 is 10.2 Å². The van der Waals surface area contributed by atoms with Gasteiger partial charge in [-0.2, -0.15) is 0 Å². The number of hydrogen-bond acceptors (Lipinski definition) is 2. The summed E-state index contributed by atoms with van der Waals surface area (Å²) in [5.41, 5.74) is 1.63. The Kier molecular flexibility index (Phi) is 6.90. The first-order valence-electron chi connectivity index (χ1n) is 8.81. The number of carbonyl (C=O) groups excluding carboxylic acids is 2. The van der Waals surface area contributed by atoms with Gasteiger partial charge in [-0.3, -0.25) is 9.59 Å². The molecule has 2 aromatic carbocycles. The van der Waals surface area contributed by atoms with Crippen LogP contribution in [0.25, 0.3) is 6.08 Å². The van der Waals surface area contributed by atoms with E-state index in [1.807, 2.05) is 54.6 Å². The average Bonchev–Trinajstić information content (AvgIpc) is 2.69. The summed E-state index contributed by atoms with van der Waals surface area (Å²) in [4.78, 5) is 26.6. The Morgan fingerprint density at radius 2 is 1.81 bits per heavy atom. The molecule has 1 aliphatic heterocycles. The fourth-order valence-electron chi connectivity index (χ4n) is 3.02. The number of carbonyl (C=O) groups is 2. The summed E-state index contributed by atoms with van der Waals surface area (Å²) in [5.74, 6) is -0.161. The molecule has 0 unspecified atom stereocenters. The van der Waals surface area contributed by atoms with E-state index in [1.54, 1.807) is 11.0 Å². The molecule has 0 spiro atoms. The highest BCUT2D eigenvalue weighted by Gasteiger charge is 2.26. The summed E-state index contributed by atoms with van der Waals surface area (Å²) in [5, 5.41) is 3.44. The highest BCUT2D eigenvalue weighted by Crippen LogP contribution is 2.26. The normalized spacial score (nSPS) is 15.1. The molecule has 1 saturated heterocycles. The van der Waals surface area contributed by atoms with Crippen molar-refractivity contribution < 1.29 is 9.59 Å². The van der Waals surface area contributed by atoms with Gasteiger partial charge in [0.2, 0.25) is 11.8 Å². The summed E-state index contributed by atoms with van der Waals surface area (Å²) in [6.07, 6.45) is 4.72. The number of rotatable bonds is 4. The molecule has 3 rings (SSSR count). The van der Waals surface area contributed by atoms with Crippen molar-refractivity contribution in [1.29, 1.82) is 0 Å². The van der Waals surface area contributed by atoms with Crippen LogP contribution in [0.2, 0.25) is 5.02 Å². The standard InChI is InChI=1S/C21H20ClIN2O2/c22-18-14-17(23)7-8-19(18)24-21(27)16-10-12-25(13-11-16)20(26)9-6-15-4-2-1-3-5-15/h1-9,14,16H,10-13H2,(H,24,27)/b9-6+. The zero-order valence-electron chi connectivity index (χ0n) is 14.7. The van der Waals surface area contributed by atoms with Crippen LogP contribution in [0.3, 0.4) is 0 Å². The van der Waals surface area contributed by atoms with Crippen LogP contribution >= 0.6 is 34.2 Å². The number of piperidine rings is 1. The van der Waals surface area contributed by atoms with E-state index in [1.165, 1.54) is 0 Å². The second-order valence-electron chi connectivity index (χ2n) is 6.46. The molecular weight excluding hydrogens is 475 g/mol. The van der Waals surface area contributed by atoms with E-state index in [4.69, 9.17) is 11.6 Å². The van der Waals surface area contributed by atoms with Crippen LogP contribution < -0.4 is 5.32 Å². The topological polar surface area (TPSA) is 49.4 Å². The van der Waals surface area contributed by atoms with Crippen LogP contribution in [0.1, 0.15) is 18.4 Å². The number of likely N-dealkylation sites (tertiary alicyclic amines) is 1. The van der Waals surface area contributed by atoms with E-state index in [0.29, 0.717) is 36.6 Å². The van der Waals surface area contributed by atoms with Gasteiger partial charge in [0.15, 0.2) is 0 Å². The number of amides is 2. The molecule has 0 aromatic heterocycles. The van der Waals surface area contributed by atoms with Crippen molar-refractivity contribution in [2.75, 3.05) is 18.4 Å². The maximum atomic E-state index is 12.5. The Balaban J connectivity index is 1.51. The smallest absolute Gasteiger partial charge is 0.246 e. The molecule has 1 fully saturated rings. The first kappa shape index (κ1) is 19.9. The minimum absolute atomic E-state index is 0.0154. The lowest BCUT2D eigenvalue weighted by atomic mass is 9.95. The summed E-state index contributed by atoms with van der Waals surface area (Å²) in [6, 6.07) is 15.3. The predicted octanol–water partition coefficient (Wildman–Crippen LogP) is 4.84. The molecule has 2 aromatic rings. The van der Waals surface area contributed by atoms with Crippen molar-refractivity contribution in [2.24, 2.45) is 5.92 Å². The molecule has 6 heteroatoms. The highest BCUT2D eigenvalue weighted by atomic mass is 127. The number of nitrogens with one attached hydrogen (secondary N) is 1. The summed E-state index contributed by atoms with van der Waals surface area (Å²) < 4.78 is 1.02. The number of benzene rings is 2. The molecule has 140 valence electrons. The third-order valence-electron chi connectivity index (χ3n) is 4.58. The highest BCUT2D eigenvalue weighted by molar-refractivity contribution is 14.1. The molecule has 0 atom stereocenters. The van der Waals surface area contributed by atoms with E-state index in [0.717, 1.165) is 9.13 Å². The first-order chi connectivity index (χ1) is 13.0.